The molecule has 92 valence electrons. The van der Waals surface area contributed by atoms with Crippen molar-refractivity contribution in [3.05, 3.63) is 34.9 Å². The molecule has 0 saturated carbocycles. The number of allylic oxidation sites excluding steroid dienone is 6. The van der Waals surface area contributed by atoms with Gasteiger partial charge < -0.3 is 0 Å². The Morgan fingerprint density at radius 3 is 2.25 bits per heavy atom. The fraction of sp³-hybridized carbons (Fsp3) is 0.625. The van der Waals surface area contributed by atoms with Crippen LogP contribution < -0.4 is 0 Å². The summed E-state index contributed by atoms with van der Waals surface area (Å²) >= 11 is 0. The summed E-state index contributed by atoms with van der Waals surface area (Å²) in [4.78, 5) is 0. The molecule has 0 fully saturated rings. The standard InChI is InChI=1S/C16H28/c1-7-9-13(3)10-11-14(4)12-16(6)15(5)8-2/h7,9,11,13H,8,10,12H2,1-6H3. The normalized spacial score (nSPS) is 16.5. The minimum absolute atomic E-state index is 0.663. The Morgan fingerprint density at radius 2 is 1.75 bits per heavy atom. The summed E-state index contributed by atoms with van der Waals surface area (Å²) in [6, 6.07) is 0. The molecule has 0 amide bonds. The summed E-state index contributed by atoms with van der Waals surface area (Å²) in [5, 5.41) is 0. The van der Waals surface area contributed by atoms with Crippen LogP contribution in [0, 0.1) is 5.92 Å². The summed E-state index contributed by atoms with van der Waals surface area (Å²) < 4.78 is 0. The largest absolute Gasteiger partial charge is 0.0914 e. The van der Waals surface area contributed by atoms with Crippen LogP contribution in [0.4, 0.5) is 0 Å². The van der Waals surface area contributed by atoms with Gasteiger partial charge in [-0.15, -0.1) is 0 Å². The predicted molar refractivity (Wildman–Crippen MR) is 75.6 cm³/mol. The van der Waals surface area contributed by atoms with Gasteiger partial charge in [0.05, 0.1) is 0 Å². The molecule has 0 saturated heterocycles. The molecule has 0 aliphatic heterocycles. The van der Waals surface area contributed by atoms with Crippen LogP contribution in [0.1, 0.15) is 60.8 Å². The molecule has 0 spiro atoms. The first-order chi connectivity index (χ1) is 7.51. The highest BCUT2D eigenvalue weighted by atomic mass is 14.0. The van der Waals surface area contributed by atoms with Gasteiger partial charge >= 0.3 is 0 Å². The lowest BCUT2D eigenvalue weighted by molar-refractivity contribution is 0.737. The van der Waals surface area contributed by atoms with Crippen LogP contribution in [0.2, 0.25) is 0 Å². The maximum atomic E-state index is 2.39. The number of rotatable bonds is 6. The SMILES string of the molecule is CC=CC(C)CC=C(C)CC(C)=C(C)CC. The second-order valence-electron chi connectivity index (χ2n) is 4.88. The molecule has 0 radical (unpaired) electrons. The van der Waals surface area contributed by atoms with Crippen molar-refractivity contribution in [3.8, 4) is 0 Å². The van der Waals surface area contributed by atoms with Crippen LogP contribution in [-0.2, 0) is 0 Å². The molecule has 0 aromatic carbocycles. The summed E-state index contributed by atoms with van der Waals surface area (Å²) in [6.45, 7) is 13.3. The molecule has 16 heavy (non-hydrogen) atoms. The van der Waals surface area contributed by atoms with E-state index in [1.165, 1.54) is 23.1 Å². The first-order valence-corrected chi connectivity index (χ1v) is 6.44. The third-order valence-electron chi connectivity index (χ3n) is 3.16. The molecule has 0 N–H and O–H groups in total. The molecular formula is C16H28. The fourth-order valence-corrected chi connectivity index (χ4v) is 1.74. The van der Waals surface area contributed by atoms with E-state index < -0.39 is 0 Å². The van der Waals surface area contributed by atoms with E-state index in [-0.39, 0.29) is 0 Å². The molecule has 0 nitrogen and oxygen atoms in total. The molecule has 0 rings (SSSR count). The average Bonchev–Trinajstić information content (AvgIpc) is 2.25. The van der Waals surface area contributed by atoms with Gasteiger partial charge in [-0.2, -0.15) is 0 Å². The van der Waals surface area contributed by atoms with E-state index in [9.17, 15) is 0 Å². The van der Waals surface area contributed by atoms with Crippen molar-refractivity contribution >= 4 is 0 Å². The van der Waals surface area contributed by atoms with Crippen LogP contribution in [0.25, 0.3) is 0 Å². The average molecular weight is 220 g/mol. The second-order valence-corrected chi connectivity index (χ2v) is 4.88. The van der Waals surface area contributed by atoms with Crippen molar-refractivity contribution in [1.82, 2.24) is 0 Å². The Morgan fingerprint density at radius 1 is 1.12 bits per heavy atom. The van der Waals surface area contributed by atoms with E-state index in [1.54, 1.807) is 0 Å². The molecule has 0 heterocycles. The van der Waals surface area contributed by atoms with E-state index in [2.05, 4.69) is 59.8 Å². The fourth-order valence-electron chi connectivity index (χ4n) is 1.74. The summed E-state index contributed by atoms with van der Waals surface area (Å²) in [6.07, 6.45) is 10.3. The van der Waals surface area contributed by atoms with E-state index >= 15 is 0 Å². The highest BCUT2D eigenvalue weighted by Crippen LogP contribution is 2.17. The lowest BCUT2D eigenvalue weighted by atomic mass is 9.99. The first-order valence-electron chi connectivity index (χ1n) is 6.44. The number of hydrogen-bond donors (Lipinski definition) is 0. The van der Waals surface area contributed by atoms with Crippen molar-refractivity contribution in [1.29, 1.82) is 0 Å². The molecule has 1 atom stereocenters. The lowest BCUT2D eigenvalue weighted by Gasteiger charge is -2.07. The van der Waals surface area contributed by atoms with Gasteiger partial charge in [0, 0.05) is 0 Å². The van der Waals surface area contributed by atoms with Gasteiger partial charge in [0.15, 0.2) is 0 Å². The minimum atomic E-state index is 0.663. The zero-order valence-electron chi connectivity index (χ0n) is 11.9. The lowest BCUT2D eigenvalue weighted by Crippen LogP contribution is -1.89. The van der Waals surface area contributed by atoms with Crippen molar-refractivity contribution in [2.45, 2.75) is 60.8 Å². The summed E-state index contributed by atoms with van der Waals surface area (Å²) in [7, 11) is 0. The van der Waals surface area contributed by atoms with Crippen molar-refractivity contribution in [2.75, 3.05) is 0 Å². The molecule has 0 aromatic heterocycles. The Kier molecular flexibility index (Phi) is 7.97. The van der Waals surface area contributed by atoms with Crippen molar-refractivity contribution in [2.24, 2.45) is 5.92 Å². The van der Waals surface area contributed by atoms with E-state index in [4.69, 9.17) is 0 Å². The van der Waals surface area contributed by atoms with Gasteiger partial charge in [-0.05, 0) is 52.9 Å². The Bertz CT molecular complexity index is 276. The van der Waals surface area contributed by atoms with E-state index in [0.717, 1.165) is 12.8 Å². The predicted octanol–water partition coefficient (Wildman–Crippen LogP) is 5.67. The third-order valence-corrected chi connectivity index (χ3v) is 3.16. The molecule has 1 unspecified atom stereocenters. The second kappa shape index (κ2) is 8.38. The van der Waals surface area contributed by atoms with Gasteiger partial charge in [-0.25, -0.2) is 0 Å². The Labute approximate surface area is 102 Å². The molecular weight excluding hydrogens is 192 g/mol. The molecule has 0 heteroatoms. The smallest absolute Gasteiger partial charge is 0.0111 e. The van der Waals surface area contributed by atoms with Gasteiger partial charge in [0.25, 0.3) is 0 Å². The van der Waals surface area contributed by atoms with Crippen LogP contribution in [0.5, 0.6) is 0 Å². The molecule has 0 aliphatic carbocycles. The zero-order chi connectivity index (χ0) is 12.6. The molecule has 0 aromatic rings. The van der Waals surface area contributed by atoms with Gasteiger partial charge in [-0.1, -0.05) is 48.8 Å². The quantitative estimate of drug-likeness (QED) is 0.506. The Hall–Kier alpha value is -0.780. The zero-order valence-corrected chi connectivity index (χ0v) is 11.9. The summed E-state index contributed by atoms with van der Waals surface area (Å²) in [5.74, 6) is 0.663. The maximum Gasteiger partial charge on any atom is -0.0111 e. The maximum absolute atomic E-state index is 2.39. The van der Waals surface area contributed by atoms with Crippen molar-refractivity contribution in [3.63, 3.8) is 0 Å². The van der Waals surface area contributed by atoms with Crippen LogP contribution in [0.3, 0.4) is 0 Å². The van der Waals surface area contributed by atoms with Crippen LogP contribution in [0.15, 0.2) is 34.9 Å². The monoisotopic (exact) mass is 220 g/mol. The van der Waals surface area contributed by atoms with Crippen LogP contribution >= 0.6 is 0 Å². The highest BCUT2D eigenvalue weighted by molar-refractivity contribution is 5.17. The highest BCUT2D eigenvalue weighted by Gasteiger charge is 1.98. The first kappa shape index (κ1) is 15.2. The van der Waals surface area contributed by atoms with Gasteiger partial charge in [0.1, 0.15) is 0 Å². The summed E-state index contributed by atoms with van der Waals surface area (Å²) in [5.41, 5.74) is 4.57. The topological polar surface area (TPSA) is 0 Å². The van der Waals surface area contributed by atoms with Crippen LogP contribution in [-0.4, -0.2) is 0 Å². The third kappa shape index (κ3) is 6.66. The van der Waals surface area contributed by atoms with Gasteiger partial charge in [0.2, 0.25) is 0 Å². The Balaban J connectivity index is 4.25. The van der Waals surface area contributed by atoms with Crippen molar-refractivity contribution < 1.29 is 0 Å². The number of hydrogen-bond acceptors (Lipinski definition) is 0. The molecule has 0 bridgehead atoms. The van der Waals surface area contributed by atoms with Gasteiger partial charge in [-0.3, -0.25) is 0 Å². The minimum Gasteiger partial charge on any atom is -0.0914 e. The molecule has 0 aliphatic rings. The van der Waals surface area contributed by atoms with E-state index in [1.807, 2.05) is 0 Å². The van der Waals surface area contributed by atoms with E-state index in [0.29, 0.717) is 5.92 Å².